The van der Waals surface area contributed by atoms with Crippen LogP contribution in [0.25, 0.3) is 0 Å². The maximum absolute atomic E-state index is 13.7. The van der Waals surface area contributed by atoms with Crippen LogP contribution >= 0.6 is 23.4 Å². The summed E-state index contributed by atoms with van der Waals surface area (Å²) in [6.45, 7) is 0.586. The summed E-state index contributed by atoms with van der Waals surface area (Å²) in [5.41, 5.74) is 1.08. The molecule has 2 nitrogen and oxygen atoms in total. The molecule has 3 rings (SSSR count). The predicted octanol–water partition coefficient (Wildman–Crippen LogP) is 4.43. The summed E-state index contributed by atoms with van der Waals surface area (Å²) < 4.78 is 26.7. The highest BCUT2D eigenvalue weighted by atomic mass is 35.5. The lowest BCUT2D eigenvalue weighted by Gasteiger charge is -2.25. The standard InChI is InChI=1S/C17H14ClF2NOS/c18-14-4-2-1-3-13(14)17-21(7-8-23-17)16(22)9-11-5-6-12(19)10-15(11)20/h1-6,10,17H,7-9H2. The van der Waals surface area contributed by atoms with Crippen LogP contribution in [-0.2, 0) is 11.2 Å². The Morgan fingerprint density at radius 2 is 2.04 bits per heavy atom. The minimum atomic E-state index is -0.695. The van der Waals surface area contributed by atoms with Gasteiger partial charge in [0, 0.05) is 29.0 Å². The van der Waals surface area contributed by atoms with Crippen molar-refractivity contribution in [3.8, 4) is 0 Å². The molecule has 1 fully saturated rings. The minimum Gasteiger partial charge on any atom is -0.325 e. The zero-order valence-corrected chi connectivity index (χ0v) is 13.7. The first-order valence-corrected chi connectivity index (χ1v) is 8.58. The first-order valence-electron chi connectivity index (χ1n) is 7.15. The maximum Gasteiger partial charge on any atom is 0.228 e. The normalized spacial score (nSPS) is 17.5. The fourth-order valence-corrected chi connectivity index (χ4v) is 4.21. The van der Waals surface area contributed by atoms with E-state index in [4.69, 9.17) is 11.6 Å². The Morgan fingerprint density at radius 1 is 1.26 bits per heavy atom. The van der Waals surface area contributed by atoms with Crippen LogP contribution in [0.5, 0.6) is 0 Å². The highest BCUT2D eigenvalue weighted by Gasteiger charge is 2.32. The molecule has 1 heterocycles. The number of rotatable bonds is 3. The third kappa shape index (κ3) is 3.51. The highest BCUT2D eigenvalue weighted by molar-refractivity contribution is 7.99. The summed E-state index contributed by atoms with van der Waals surface area (Å²) in [5, 5.41) is 0.442. The van der Waals surface area contributed by atoms with Crippen molar-refractivity contribution < 1.29 is 13.6 Å². The van der Waals surface area contributed by atoms with Crippen molar-refractivity contribution in [1.82, 2.24) is 4.90 Å². The Labute approximate surface area is 142 Å². The molecule has 0 radical (unpaired) electrons. The molecule has 0 aliphatic carbocycles. The molecule has 23 heavy (non-hydrogen) atoms. The summed E-state index contributed by atoms with van der Waals surface area (Å²) in [4.78, 5) is 14.3. The largest absolute Gasteiger partial charge is 0.325 e. The molecule has 2 aromatic carbocycles. The monoisotopic (exact) mass is 353 g/mol. The Kier molecular flexibility index (Phi) is 4.87. The van der Waals surface area contributed by atoms with Gasteiger partial charge >= 0.3 is 0 Å². The van der Waals surface area contributed by atoms with Crippen LogP contribution in [0, 0.1) is 11.6 Å². The van der Waals surface area contributed by atoms with E-state index in [0.29, 0.717) is 11.6 Å². The first kappa shape index (κ1) is 16.3. The summed E-state index contributed by atoms with van der Waals surface area (Å²) in [6.07, 6.45) is -0.0897. The Morgan fingerprint density at radius 3 is 2.78 bits per heavy atom. The fraction of sp³-hybridized carbons (Fsp3) is 0.235. The lowest BCUT2D eigenvalue weighted by atomic mass is 10.1. The molecular formula is C17H14ClF2NOS. The summed E-state index contributed by atoms with van der Waals surface area (Å²) >= 11 is 7.85. The van der Waals surface area contributed by atoms with Gasteiger partial charge < -0.3 is 4.90 Å². The van der Waals surface area contributed by atoms with Crippen molar-refractivity contribution in [2.45, 2.75) is 11.8 Å². The highest BCUT2D eigenvalue weighted by Crippen LogP contribution is 2.41. The zero-order chi connectivity index (χ0) is 16.4. The fourth-order valence-electron chi connectivity index (χ4n) is 2.59. The van der Waals surface area contributed by atoms with E-state index in [1.54, 1.807) is 22.7 Å². The minimum absolute atomic E-state index is 0.0897. The van der Waals surface area contributed by atoms with Gasteiger partial charge in [-0.3, -0.25) is 4.79 Å². The number of halogens is 3. The lowest BCUT2D eigenvalue weighted by molar-refractivity contribution is -0.130. The number of carbonyl (C=O) groups excluding carboxylic acids is 1. The van der Waals surface area contributed by atoms with Crippen LogP contribution in [0.2, 0.25) is 5.02 Å². The molecule has 1 amide bonds. The molecule has 0 aromatic heterocycles. The molecule has 0 N–H and O–H groups in total. The molecule has 1 aliphatic heterocycles. The van der Waals surface area contributed by atoms with Crippen LogP contribution in [0.15, 0.2) is 42.5 Å². The van der Waals surface area contributed by atoms with Gasteiger partial charge in [-0.25, -0.2) is 8.78 Å². The molecule has 0 bridgehead atoms. The second kappa shape index (κ2) is 6.89. The summed E-state index contributed by atoms with van der Waals surface area (Å²) in [6, 6.07) is 10.7. The van der Waals surface area contributed by atoms with E-state index in [1.165, 1.54) is 6.07 Å². The SMILES string of the molecule is O=C(Cc1ccc(F)cc1F)N1CCSC1c1ccccc1Cl. The van der Waals surface area contributed by atoms with Crippen molar-refractivity contribution in [3.63, 3.8) is 0 Å². The number of nitrogens with zero attached hydrogens (tertiary/aromatic N) is 1. The number of carbonyl (C=O) groups is 1. The van der Waals surface area contributed by atoms with Crippen molar-refractivity contribution in [2.24, 2.45) is 0 Å². The molecule has 1 aliphatic rings. The van der Waals surface area contributed by atoms with Gasteiger partial charge in [0.1, 0.15) is 17.0 Å². The summed E-state index contributed by atoms with van der Waals surface area (Å²) in [5.74, 6) is -0.734. The van der Waals surface area contributed by atoms with E-state index in [0.717, 1.165) is 23.4 Å². The van der Waals surface area contributed by atoms with Crippen molar-refractivity contribution in [3.05, 3.63) is 70.2 Å². The average molecular weight is 354 g/mol. The predicted molar refractivity (Wildman–Crippen MR) is 88.4 cm³/mol. The average Bonchev–Trinajstić information content (AvgIpc) is 3.00. The molecule has 2 aromatic rings. The molecule has 120 valence electrons. The van der Waals surface area contributed by atoms with Gasteiger partial charge in [-0.1, -0.05) is 35.9 Å². The van der Waals surface area contributed by atoms with E-state index in [1.807, 2.05) is 18.2 Å². The first-order chi connectivity index (χ1) is 11.1. The van der Waals surface area contributed by atoms with Gasteiger partial charge in [0.2, 0.25) is 5.91 Å². The molecule has 1 saturated heterocycles. The van der Waals surface area contributed by atoms with Crippen LogP contribution in [0.4, 0.5) is 8.78 Å². The molecule has 0 saturated carbocycles. The number of amides is 1. The van der Waals surface area contributed by atoms with Crippen LogP contribution in [-0.4, -0.2) is 23.1 Å². The number of hydrogen-bond acceptors (Lipinski definition) is 2. The zero-order valence-electron chi connectivity index (χ0n) is 12.1. The Bertz CT molecular complexity index is 740. The van der Waals surface area contributed by atoms with Crippen LogP contribution in [0.3, 0.4) is 0 Å². The lowest BCUT2D eigenvalue weighted by Crippen LogP contribution is -2.32. The Balaban J connectivity index is 1.80. The van der Waals surface area contributed by atoms with Crippen molar-refractivity contribution in [2.75, 3.05) is 12.3 Å². The van der Waals surface area contributed by atoms with E-state index >= 15 is 0 Å². The van der Waals surface area contributed by atoms with Crippen molar-refractivity contribution >= 4 is 29.3 Å². The van der Waals surface area contributed by atoms with Crippen LogP contribution in [0.1, 0.15) is 16.5 Å². The third-order valence-corrected chi connectivity index (χ3v) is 5.33. The number of benzene rings is 2. The van der Waals surface area contributed by atoms with Gasteiger partial charge in [0.15, 0.2) is 0 Å². The maximum atomic E-state index is 13.7. The van der Waals surface area contributed by atoms with E-state index in [2.05, 4.69) is 0 Å². The third-order valence-electron chi connectivity index (χ3n) is 3.74. The van der Waals surface area contributed by atoms with Gasteiger partial charge in [0.05, 0.1) is 6.42 Å². The molecule has 1 unspecified atom stereocenters. The second-order valence-electron chi connectivity index (χ2n) is 5.24. The molecule has 1 atom stereocenters. The molecular weight excluding hydrogens is 340 g/mol. The van der Waals surface area contributed by atoms with Crippen molar-refractivity contribution in [1.29, 1.82) is 0 Å². The summed E-state index contributed by atoms with van der Waals surface area (Å²) in [7, 11) is 0. The Hall–Kier alpha value is -1.59. The van der Waals surface area contributed by atoms with Gasteiger partial charge in [0.25, 0.3) is 0 Å². The topological polar surface area (TPSA) is 20.3 Å². The van der Waals surface area contributed by atoms with E-state index < -0.39 is 11.6 Å². The number of thioether (sulfide) groups is 1. The smallest absolute Gasteiger partial charge is 0.228 e. The van der Waals surface area contributed by atoms with E-state index in [-0.39, 0.29) is 23.3 Å². The quantitative estimate of drug-likeness (QED) is 0.813. The molecule has 6 heteroatoms. The molecule has 0 spiro atoms. The van der Waals surface area contributed by atoms with Gasteiger partial charge in [-0.05, 0) is 17.7 Å². The van der Waals surface area contributed by atoms with Gasteiger partial charge in [-0.15, -0.1) is 11.8 Å². The number of hydrogen-bond donors (Lipinski definition) is 0. The van der Waals surface area contributed by atoms with E-state index in [9.17, 15) is 13.6 Å². The van der Waals surface area contributed by atoms with Crippen LogP contribution < -0.4 is 0 Å². The second-order valence-corrected chi connectivity index (χ2v) is 6.84. The van der Waals surface area contributed by atoms with Gasteiger partial charge in [-0.2, -0.15) is 0 Å².